The predicted molar refractivity (Wildman–Crippen MR) is 79.8 cm³/mol. The van der Waals surface area contributed by atoms with Crippen molar-refractivity contribution >= 4 is 33.6 Å². The molecule has 0 bridgehead atoms. The number of aryl methyl sites for hydroxylation is 1. The largest absolute Gasteiger partial charge is 0.481 e. The first kappa shape index (κ1) is 14.8. The normalized spacial score (nSPS) is 21.9. The van der Waals surface area contributed by atoms with E-state index in [1.54, 1.807) is 11.8 Å². The molecule has 1 heterocycles. The number of carboxylic acids is 1. The molecular formula is C14H17BrN2O3. The van der Waals surface area contributed by atoms with Crippen molar-refractivity contribution in [3.63, 3.8) is 0 Å². The fraction of sp³-hybridized carbons (Fsp3) is 0.429. The summed E-state index contributed by atoms with van der Waals surface area (Å²) in [5, 5.41) is 11.9. The van der Waals surface area contributed by atoms with E-state index < -0.39 is 11.9 Å². The molecule has 108 valence electrons. The highest BCUT2D eigenvalue weighted by Gasteiger charge is 2.38. The number of rotatable bonds is 2. The number of urea groups is 1. The lowest BCUT2D eigenvalue weighted by atomic mass is 10.0. The molecule has 6 heteroatoms. The number of carboxylic acid groups (broad SMARTS) is 1. The summed E-state index contributed by atoms with van der Waals surface area (Å²) < 4.78 is 0.843. The third-order valence-corrected chi connectivity index (χ3v) is 4.82. The van der Waals surface area contributed by atoms with Crippen LogP contribution in [-0.2, 0) is 4.79 Å². The molecule has 1 aromatic carbocycles. The van der Waals surface area contributed by atoms with Crippen molar-refractivity contribution in [1.82, 2.24) is 4.90 Å². The second-order valence-electron chi connectivity index (χ2n) is 5.03. The molecular weight excluding hydrogens is 324 g/mol. The number of nitrogens with one attached hydrogen (secondary N) is 1. The molecule has 5 nitrogen and oxygen atoms in total. The Bertz CT molecular complexity index is 547. The molecule has 20 heavy (non-hydrogen) atoms. The Balaban J connectivity index is 2.10. The van der Waals surface area contributed by atoms with Crippen LogP contribution < -0.4 is 5.32 Å². The minimum Gasteiger partial charge on any atom is -0.481 e. The van der Waals surface area contributed by atoms with Crippen LogP contribution in [0.2, 0.25) is 0 Å². The number of anilines is 1. The highest BCUT2D eigenvalue weighted by molar-refractivity contribution is 9.10. The lowest BCUT2D eigenvalue weighted by Gasteiger charge is -2.24. The van der Waals surface area contributed by atoms with Gasteiger partial charge in [-0.1, -0.05) is 12.1 Å². The first-order chi connectivity index (χ1) is 9.41. The maximum atomic E-state index is 12.3. The first-order valence-corrected chi connectivity index (χ1v) is 7.26. The number of aliphatic carboxylic acids is 1. The van der Waals surface area contributed by atoms with Crippen LogP contribution in [0.1, 0.15) is 18.9 Å². The van der Waals surface area contributed by atoms with Crippen LogP contribution in [0.4, 0.5) is 10.5 Å². The fourth-order valence-corrected chi connectivity index (χ4v) is 2.85. The van der Waals surface area contributed by atoms with Gasteiger partial charge in [0.05, 0.1) is 11.6 Å². The van der Waals surface area contributed by atoms with Gasteiger partial charge in [-0.2, -0.15) is 0 Å². The summed E-state index contributed by atoms with van der Waals surface area (Å²) in [6.45, 7) is 4.18. The lowest BCUT2D eigenvalue weighted by molar-refractivity contribution is -0.142. The molecule has 2 rings (SSSR count). The standard InChI is InChI=1S/C14H17BrN2O3/c1-8-4-3-5-11(12(8)15)16-14(20)17-7-6-10(9(17)2)13(18)19/h3-5,9-10H,6-7H2,1-2H3,(H,16,20)(H,18,19). The Morgan fingerprint density at radius 1 is 1.45 bits per heavy atom. The first-order valence-electron chi connectivity index (χ1n) is 6.47. The van der Waals surface area contributed by atoms with Crippen molar-refractivity contribution in [3.8, 4) is 0 Å². The van der Waals surface area contributed by atoms with Crippen LogP contribution in [0.15, 0.2) is 22.7 Å². The van der Waals surface area contributed by atoms with Crippen LogP contribution in [0, 0.1) is 12.8 Å². The fourth-order valence-electron chi connectivity index (χ4n) is 2.49. The van der Waals surface area contributed by atoms with Crippen LogP contribution in [-0.4, -0.2) is 34.6 Å². The van der Waals surface area contributed by atoms with E-state index in [1.165, 1.54) is 0 Å². The average Bonchev–Trinajstić information content (AvgIpc) is 2.77. The molecule has 2 unspecified atom stereocenters. The number of halogens is 1. The van der Waals surface area contributed by atoms with Crippen LogP contribution in [0.5, 0.6) is 0 Å². The van der Waals surface area contributed by atoms with Crippen molar-refractivity contribution < 1.29 is 14.7 Å². The average molecular weight is 341 g/mol. The van der Waals surface area contributed by atoms with E-state index in [0.717, 1.165) is 10.0 Å². The van der Waals surface area contributed by atoms with Gasteiger partial charge in [0.1, 0.15) is 0 Å². The van der Waals surface area contributed by atoms with Gasteiger partial charge in [0.15, 0.2) is 0 Å². The third kappa shape index (κ3) is 2.80. The molecule has 2 atom stereocenters. The van der Waals surface area contributed by atoms with Crippen LogP contribution in [0.3, 0.4) is 0 Å². The highest BCUT2D eigenvalue weighted by Crippen LogP contribution is 2.28. The Morgan fingerprint density at radius 2 is 2.15 bits per heavy atom. The summed E-state index contributed by atoms with van der Waals surface area (Å²) in [5.41, 5.74) is 1.72. The number of nitrogens with zero attached hydrogens (tertiary/aromatic N) is 1. The number of carbonyl (C=O) groups excluding carboxylic acids is 1. The lowest BCUT2D eigenvalue weighted by Crippen LogP contribution is -2.40. The molecule has 0 spiro atoms. The van der Waals surface area contributed by atoms with Crippen LogP contribution >= 0.6 is 15.9 Å². The quantitative estimate of drug-likeness (QED) is 0.869. The van der Waals surface area contributed by atoms with E-state index in [4.69, 9.17) is 5.11 Å². The summed E-state index contributed by atoms with van der Waals surface area (Å²) in [6, 6.07) is 5.07. The summed E-state index contributed by atoms with van der Waals surface area (Å²) in [6.07, 6.45) is 0.499. The smallest absolute Gasteiger partial charge is 0.322 e. The molecule has 1 aliphatic heterocycles. The maximum Gasteiger partial charge on any atom is 0.322 e. The van der Waals surface area contributed by atoms with Gasteiger partial charge in [-0.05, 0) is 47.8 Å². The maximum absolute atomic E-state index is 12.3. The van der Waals surface area contributed by atoms with Gasteiger partial charge in [-0.15, -0.1) is 0 Å². The Morgan fingerprint density at radius 3 is 2.75 bits per heavy atom. The van der Waals surface area contributed by atoms with Crippen molar-refractivity contribution in [2.45, 2.75) is 26.3 Å². The van der Waals surface area contributed by atoms with Gasteiger partial charge < -0.3 is 15.3 Å². The molecule has 2 amide bonds. The zero-order valence-corrected chi connectivity index (χ0v) is 13.0. The number of hydrogen-bond acceptors (Lipinski definition) is 2. The van der Waals surface area contributed by atoms with Crippen LogP contribution in [0.25, 0.3) is 0 Å². The van der Waals surface area contributed by atoms with E-state index in [9.17, 15) is 9.59 Å². The predicted octanol–water partition coefficient (Wildman–Crippen LogP) is 3.08. The van der Waals surface area contributed by atoms with Gasteiger partial charge in [-0.25, -0.2) is 4.79 Å². The molecule has 0 aromatic heterocycles. The molecule has 2 N–H and O–H groups in total. The van der Waals surface area contributed by atoms with Gasteiger partial charge in [0.25, 0.3) is 0 Å². The Kier molecular flexibility index (Phi) is 4.32. The minimum absolute atomic E-state index is 0.257. The second-order valence-corrected chi connectivity index (χ2v) is 5.83. The van der Waals surface area contributed by atoms with E-state index in [1.807, 2.05) is 25.1 Å². The Labute approximate surface area is 126 Å². The van der Waals surface area contributed by atoms with Crippen molar-refractivity contribution in [3.05, 3.63) is 28.2 Å². The molecule has 1 saturated heterocycles. The van der Waals surface area contributed by atoms with Crippen molar-refractivity contribution in [2.75, 3.05) is 11.9 Å². The van der Waals surface area contributed by atoms with E-state index >= 15 is 0 Å². The summed E-state index contributed by atoms with van der Waals surface area (Å²) in [5.74, 6) is -1.33. The van der Waals surface area contributed by atoms with E-state index in [0.29, 0.717) is 18.7 Å². The van der Waals surface area contributed by atoms with E-state index in [-0.39, 0.29) is 12.1 Å². The SMILES string of the molecule is Cc1cccc(NC(=O)N2CCC(C(=O)O)C2C)c1Br. The van der Waals surface area contributed by atoms with Gasteiger partial charge >= 0.3 is 12.0 Å². The molecule has 1 aliphatic rings. The number of likely N-dealkylation sites (tertiary alicyclic amines) is 1. The van der Waals surface area contributed by atoms with Gasteiger partial charge in [0, 0.05) is 17.1 Å². The number of amides is 2. The zero-order chi connectivity index (χ0) is 14.9. The van der Waals surface area contributed by atoms with Crippen molar-refractivity contribution in [1.29, 1.82) is 0 Å². The Hall–Kier alpha value is -1.56. The monoisotopic (exact) mass is 340 g/mol. The van der Waals surface area contributed by atoms with Crippen molar-refractivity contribution in [2.24, 2.45) is 5.92 Å². The minimum atomic E-state index is -0.843. The molecule has 0 saturated carbocycles. The molecule has 1 aromatic rings. The topological polar surface area (TPSA) is 69.6 Å². The molecule has 0 aliphatic carbocycles. The highest BCUT2D eigenvalue weighted by atomic mass is 79.9. The second kappa shape index (κ2) is 5.83. The summed E-state index contributed by atoms with van der Waals surface area (Å²) in [4.78, 5) is 24.9. The van der Waals surface area contributed by atoms with Gasteiger partial charge in [0.2, 0.25) is 0 Å². The summed E-state index contributed by atoms with van der Waals surface area (Å²) >= 11 is 3.44. The molecule has 1 fully saturated rings. The number of hydrogen-bond donors (Lipinski definition) is 2. The summed E-state index contributed by atoms with van der Waals surface area (Å²) in [7, 11) is 0. The zero-order valence-electron chi connectivity index (χ0n) is 11.4. The number of carbonyl (C=O) groups is 2. The van der Waals surface area contributed by atoms with Gasteiger partial charge in [-0.3, -0.25) is 4.79 Å². The van der Waals surface area contributed by atoms with E-state index in [2.05, 4.69) is 21.2 Å². The third-order valence-electron chi connectivity index (χ3n) is 3.77. The number of benzene rings is 1. The molecule has 0 radical (unpaired) electrons.